The van der Waals surface area contributed by atoms with Crippen molar-refractivity contribution in [1.82, 2.24) is 10.6 Å². The first kappa shape index (κ1) is 26.7. The summed E-state index contributed by atoms with van der Waals surface area (Å²) >= 11 is 0. The van der Waals surface area contributed by atoms with Crippen LogP contribution in [0.1, 0.15) is 53.5 Å². The first-order valence-electron chi connectivity index (χ1n) is 11.4. The lowest BCUT2D eigenvalue weighted by Gasteiger charge is -2.54. The van der Waals surface area contributed by atoms with Crippen LogP contribution in [0.2, 0.25) is 0 Å². The van der Waals surface area contributed by atoms with Crippen LogP contribution in [-0.4, -0.2) is 49.5 Å². The number of nitrogens with zero attached hydrogens (tertiary/aromatic N) is 1. The number of nitrogens with one attached hydrogen (secondary N) is 3. The van der Waals surface area contributed by atoms with Gasteiger partial charge in [0.25, 0.3) is 0 Å². The third-order valence-electron chi connectivity index (χ3n) is 6.01. The molecule has 1 aromatic carbocycles. The van der Waals surface area contributed by atoms with Crippen molar-refractivity contribution < 1.29 is 14.3 Å². The highest BCUT2D eigenvalue weighted by molar-refractivity contribution is 14.0. The lowest BCUT2D eigenvalue weighted by Crippen LogP contribution is -2.68. The van der Waals surface area contributed by atoms with Crippen molar-refractivity contribution >= 4 is 41.7 Å². The standard InChI is InChI=1S/C24H38N4O3.HI/c1-7-25-21(28-19-18-13-15-30-20(18)24(19,5)6)26-14-12-16-8-10-17(11-9-16)27-22(29)31-23(2,3)4;/h8-11,18-20H,7,12-15H2,1-6H3,(H,27,29)(H2,25,26,28);1H. The molecule has 0 radical (unpaired) electrons. The molecule has 1 saturated carbocycles. The van der Waals surface area contributed by atoms with Crippen LogP contribution in [0.25, 0.3) is 0 Å². The SMILES string of the molecule is CCNC(=NCCc1ccc(NC(=O)OC(C)(C)C)cc1)NC1C2CCOC2C1(C)C.I. The first-order chi connectivity index (χ1) is 14.6. The van der Waals surface area contributed by atoms with Crippen molar-refractivity contribution in [2.24, 2.45) is 16.3 Å². The van der Waals surface area contributed by atoms with Crippen molar-refractivity contribution in [1.29, 1.82) is 0 Å². The van der Waals surface area contributed by atoms with Crippen LogP contribution in [0, 0.1) is 11.3 Å². The summed E-state index contributed by atoms with van der Waals surface area (Å²) in [5.41, 5.74) is 1.49. The molecular weight excluding hydrogens is 519 g/mol. The Morgan fingerprint density at radius 2 is 1.94 bits per heavy atom. The summed E-state index contributed by atoms with van der Waals surface area (Å²) in [7, 11) is 0. The normalized spacial score (nSPS) is 23.9. The van der Waals surface area contributed by atoms with E-state index in [-0.39, 0.29) is 29.4 Å². The van der Waals surface area contributed by atoms with Crippen molar-refractivity contribution in [3.63, 3.8) is 0 Å². The molecule has 2 fully saturated rings. The lowest BCUT2D eigenvalue weighted by atomic mass is 9.57. The van der Waals surface area contributed by atoms with Crippen LogP contribution >= 0.6 is 24.0 Å². The van der Waals surface area contributed by atoms with Gasteiger partial charge in [-0.05, 0) is 58.2 Å². The zero-order valence-corrected chi connectivity index (χ0v) is 22.5. The third-order valence-corrected chi connectivity index (χ3v) is 6.01. The van der Waals surface area contributed by atoms with E-state index in [4.69, 9.17) is 14.5 Å². The number of fused-ring (bicyclic) bond motifs is 1. The van der Waals surface area contributed by atoms with E-state index in [0.29, 0.717) is 24.6 Å². The second kappa shape index (κ2) is 11.0. The number of amides is 1. The van der Waals surface area contributed by atoms with Gasteiger partial charge in [-0.2, -0.15) is 0 Å². The van der Waals surface area contributed by atoms with E-state index in [0.717, 1.165) is 37.6 Å². The monoisotopic (exact) mass is 558 g/mol. The van der Waals surface area contributed by atoms with E-state index >= 15 is 0 Å². The fourth-order valence-electron chi connectivity index (χ4n) is 4.56. The minimum atomic E-state index is -0.513. The molecular formula is C24H39IN4O3. The number of anilines is 1. The number of carbonyl (C=O) groups excluding carboxylic acids is 1. The Morgan fingerprint density at radius 3 is 2.56 bits per heavy atom. The van der Waals surface area contributed by atoms with Crippen LogP contribution in [0.15, 0.2) is 29.3 Å². The van der Waals surface area contributed by atoms with E-state index in [9.17, 15) is 4.79 Å². The number of halogens is 1. The molecule has 32 heavy (non-hydrogen) atoms. The molecule has 1 aromatic rings. The van der Waals surface area contributed by atoms with Gasteiger partial charge in [0.2, 0.25) is 0 Å². The minimum Gasteiger partial charge on any atom is -0.444 e. The third kappa shape index (κ3) is 6.73. The molecule has 2 aliphatic rings. The van der Waals surface area contributed by atoms with E-state index in [1.807, 2.05) is 45.0 Å². The Morgan fingerprint density at radius 1 is 1.25 bits per heavy atom. The largest absolute Gasteiger partial charge is 0.444 e. The number of hydrogen-bond acceptors (Lipinski definition) is 4. The number of aliphatic imine (C=N–C) groups is 1. The van der Waals surface area contributed by atoms with Gasteiger partial charge in [-0.15, -0.1) is 24.0 Å². The molecule has 1 amide bonds. The van der Waals surface area contributed by atoms with Crippen molar-refractivity contribution in [2.45, 2.75) is 72.1 Å². The highest BCUT2D eigenvalue weighted by Gasteiger charge is 2.59. The fraction of sp³-hybridized carbons (Fsp3) is 0.667. The van der Waals surface area contributed by atoms with E-state index in [1.54, 1.807) is 0 Å². The molecule has 1 saturated heterocycles. The molecule has 1 aliphatic carbocycles. The maximum atomic E-state index is 11.9. The Bertz CT molecular complexity index is 789. The van der Waals surface area contributed by atoms with Crippen LogP contribution in [0.3, 0.4) is 0 Å². The quantitative estimate of drug-likeness (QED) is 0.271. The molecule has 7 nitrogen and oxygen atoms in total. The Balaban J connectivity index is 0.00000363. The van der Waals surface area contributed by atoms with Crippen molar-refractivity contribution in [3.05, 3.63) is 29.8 Å². The van der Waals surface area contributed by atoms with Gasteiger partial charge in [0.05, 0.1) is 6.10 Å². The molecule has 0 aromatic heterocycles. The number of guanidine groups is 1. The Kier molecular flexibility index (Phi) is 9.22. The molecule has 1 aliphatic heterocycles. The fourth-order valence-corrected chi connectivity index (χ4v) is 4.56. The van der Waals surface area contributed by atoms with Crippen LogP contribution in [0.5, 0.6) is 0 Å². The summed E-state index contributed by atoms with van der Waals surface area (Å²) in [4.78, 5) is 16.7. The van der Waals surface area contributed by atoms with Gasteiger partial charge in [-0.3, -0.25) is 10.3 Å². The maximum absolute atomic E-state index is 11.9. The predicted octanol–water partition coefficient (Wildman–Crippen LogP) is 4.56. The summed E-state index contributed by atoms with van der Waals surface area (Å²) in [6.07, 6.45) is 1.86. The average molecular weight is 559 g/mol. The topological polar surface area (TPSA) is 84.0 Å². The van der Waals surface area contributed by atoms with Gasteiger partial charge >= 0.3 is 6.09 Å². The van der Waals surface area contributed by atoms with Crippen molar-refractivity contribution in [2.75, 3.05) is 25.0 Å². The Hall–Kier alpha value is -1.55. The van der Waals surface area contributed by atoms with Crippen molar-refractivity contribution in [3.8, 4) is 0 Å². The number of carbonyl (C=O) groups is 1. The second-order valence-corrected chi connectivity index (χ2v) is 10.0. The zero-order chi connectivity index (χ0) is 22.6. The van der Waals surface area contributed by atoms with Gasteiger partial charge in [-0.25, -0.2) is 4.79 Å². The molecule has 3 unspecified atom stereocenters. The molecule has 3 atom stereocenters. The molecule has 0 spiro atoms. The van der Waals surface area contributed by atoms with E-state index in [2.05, 4.69) is 36.7 Å². The highest BCUT2D eigenvalue weighted by atomic mass is 127. The number of hydrogen-bond donors (Lipinski definition) is 3. The summed E-state index contributed by atoms with van der Waals surface area (Å²) in [5.74, 6) is 1.44. The zero-order valence-electron chi connectivity index (χ0n) is 20.2. The van der Waals surface area contributed by atoms with Crippen LogP contribution < -0.4 is 16.0 Å². The Labute approximate surface area is 209 Å². The van der Waals surface area contributed by atoms with Gasteiger partial charge in [0.15, 0.2) is 5.96 Å². The highest BCUT2D eigenvalue weighted by Crippen LogP contribution is 2.52. The molecule has 3 N–H and O–H groups in total. The lowest BCUT2D eigenvalue weighted by molar-refractivity contribution is -0.106. The molecule has 3 rings (SSSR count). The number of ether oxygens (including phenoxy) is 2. The number of benzene rings is 1. The maximum Gasteiger partial charge on any atom is 0.412 e. The summed E-state index contributed by atoms with van der Waals surface area (Å²) in [6.45, 7) is 14.5. The minimum absolute atomic E-state index is 0. The van der Waals surface area contributed by atoms with Crippen LogP contribution in [0.4, 0.5) is 10.5 Å². The van der Waals surface area contributed by atoms with Gasteiger partial charge in [0, 0.05) is 42.8 Å². The van der Waals surface area contributed by atoms with E-state index in [1.165, 1.54) is 5.56 Å². The second-order valence-electron chi connectivity index (χ2n) is 10.0. The smallest absolute Gasteiger partial charge is 0.412 e. The molecule has 8 heteroatoms. The molecule has 180 valence electrons. The number of rotatable bonds is 6. The van der Waals surface area contributed by atoms with Gasteiger partial charge < -0.3 is 20.1 Å². The molecule has 1 heterocycles. The van der Waals surface area contributed by atoms with Gasteiger partial charge in [-0.1, -0.05) is 26.0 Å². The van der Waals surface area contributed by atoms with Gasteiger partial charge in [0.1, 0.15) is 5.60 Å². The molecule has 0 bridgehead atoms. The summed E-state index contributed by atoms with van der Waals surface area (Å²) < 4.78 is 11.2. The summed E-state index contributed by atoms with van der Waals surface area (Å²) in [5, 5.41) is 9.78. The predicted molar refractivity (Wildman–Crippen MR) is 140 cm³/mol. The average Bonchev–Trinajstić information content (AvgIpc) is 3.13. The van der Waals surface area contributed by atoms with Crippen LogP contribution in [-0.2, 0) is 15.9 Å². The van der Waals surface area contributed by atoms with E-state index < -0.39 is 11.7 Å². The summed E-state index contributed by atoms with van der Waals surface area (Å²) in [6, 6.07) is 8.19. The first-order valence-corrected chi connectivity index (χ1v) is 11.4.